The molecule has 1 aliphatic carbocycles. The fraction of sp³-hybridized carbons (Fsp3) is 0.652. The average molecular weight is 441 g/mol. The monoisotopic (exact) mass is 440 g/mol. The molecule has 29 heavy (non-hydrogen) atoms. The van der Waals surface area contributed by atoms with Crippen LogP contribution in [0.5, 0.6) is 0 Å². The summed E-state index contributed by atoms with van der Waals surface area (Å²) in [5.41, 5.74) is 4.57. The van der Waals surface area contributed by atoms with E-state index in [1.165, 1.54) is 25.7 Å². The second-order valence-electron chi connectivity index (χ2n) is 8.30. The van der Waals surface area contributed by atoms with Crippen LogP contribution in [0.3, 0.4) is 0 Å². The number of ketones is 1. The minimum atomic E-state index is -0.0149. The lowest BCUT2D eigenvalue weighted by Crippen LogP contribution is -2.38. The second kappa shape index (κ2) is 10.8. The number of anilines is 1. The van der Waals surface area contributed by atoms with Gasteiger partial charge in [0, 0.05) is 24.4 Å². The van der Waals surface area contributed by atoms with E-state index in [-0.39, 0.29) is 30.0 Å². The van der Waals surface area contributed by atoms with E-state index in [4.69, 9.17) is 11.6 Å². The van der Waals surface area contributed by atoms with E-state index in [1.807, 2.05) is 6.92 Å². The molecule has 0 bridgehead atoms. The summed E-state index contributed by atoms with van der Waals surface area (Å²) < 4.78 is 0. The van der Waals surface area contributed by atoms with Crippen molar-refractivity contribution in [1.82, 2.24) is 4.90 Å². The summed E-state index contributed by atoms with van der Waals surface area (Å²) in [6, 6.07) is 0. The second-order valence-corrected chi connectivity index (χ2v) is 8.68. The number of Topliss-reactive ketones (excluding diaryl/α,β-unsaturated/α-hetero) is 1. The summed E-state index contributed by atoms with van der Waals surface area (Å²) in [4.78, 5) is 27.9. The van der Waals surface area contributed by atoms with Crippen molar-refractivity contribution in [2.45, 2.75) is 72.1 Å². The molecule has 0 aromatic heterocycles. The molecule has 0 saturated carbocycles. The zero-order valence-electron chi connectivity index (χ0n) is 17.9. The summed E-state index contributed by atoms with van der Waals surface area (Å²) in [6.07, 6.45) is 7.53. The van der Waals surface area contributed by atoms with Crippen molar-refractivity contribution in [2.75, 3.05) is 25.0 Å². The smallest absolute Gasteiger partial charge is 0.224 e. The first-order valence-electron chi connectivity index (χ1n) is 10.9. The van der Waals surface area contributed by atoms with Gasteiger partial charge in [0.05, 0.1) is 10.7 Å². The van der Waals surface area contributed by atoms with E-state index in [9.17, 15) is 9.59 Å². The van der Waals surface area contributed by atoms with Gasteiger partial charge >= 0.3 is 0 Å². The lowest BCUT2D eigenvalue weighted by molar-refractivity contribution is -0.116. The lowest BCUT2D eigenvalue weighted by Gasteiger charge is -2.33. The number of carbonyl (C=O) groups is 2. The van der Waals surface area contributed by atoms with Gasteiger partial charge in [-0.1, -0.05) is 38.3 Å². The van der Waals surface area contributed by atoms with Gasteiger partial charge in [0.15, 0.2) is 5.78 Å². The van der Waals surface area contributed by atoms with Crippen LogP contribution in [0.1, 0.15) is 79.4 Å². The van der Waals surface area contributed by atoms with Crippen molar-refractivity contribution >= 4 is 41.4 Å². The molecule has 6 heteroatoms. The SMILES string of the molecule is CCCCN(CCCC)CC1CCc2c(C)c(Cl)c3c(c2C1=O)CCC(=O)N3.Cl. The molecule has 0 spiro atoms. The van der Waals surface area contributed by atoms with Crippen LogP contribution in [-0.4, -0.2) is 36.2 Å². The number of benzene rings is 1. The standard InChI is InChI=1S/C23H33ClN2O2.ClH/c1-4-6-12-26(13-7-5-2)14-16-8-9-17-15(3)21(24)22-18(20(17)23(16)28)10-11-19(27)25-22;/h16H,4-14H2,1-3H3,(H,25,27);1H. The molecule has 1 N–H and O–H groups in total. The average Bonchev–Trinajstić information content (AvgIpc) is 2.69. The van der Waals surface area contributed by atoms with Gasteiger partial charge < -0.3 is 10.2 Å². The third-order valence-electron chi connectivity index (χ3n) is 6.27. The Morgan fingerprint density at radius 1 is 1.03 bits per heavy atom. The molecule has 3 rings (SSSR count). The molecule has 162 valence electrons. The Morgan fingerprint density at radius 3 is 2.31 bits per heavy atom. The number of nitrogens with one attached hydrogen (secondary N) is 1. The summed E-state index contributed by atoms with van der Waals surface area (Å²) in [7, 11) is 0. The van der Waals surface area contributed by atoms with E-state index in [0.29, 0.717) is 23.6 Å². The zero-order valence-corrected chi connectivity index (χ0v) is 19.5. The first kappa shape index (κ1) is 24.2. The maximum atomic E-state index is 13.5. The number of carbonyl (C=O) groups excluding carboxylic acids is 2. The highest BCUT2D eigenvalue weighted by Crippen LogP contribution is 2.42. The van der Waals surface area contributed by atoms with Gasteiger partial charge in [-0.3, -0.25) is 9.59 Å². The Bertz CT molecular complexity index is 756. The highest BCUT2D eigenvalue weighted by atomic mass is 35.5. The van der Waals surface area contributed by atoms with Gasteiger partial charge in [-0.25, -0.2) is 0 Å². The highest BCUT2D eigenvalue weighted by Gasteiger charge is 2.35. The summed E-state index contributed by atoms with van der Waals surface area (Å²) in [5.74, 6) is 0.286. The molecule has 1 aromatic carbocycles. The molecule has 0 fully saturated rings. The zero-order chi connectivity index (χ0) is 20.3. The van der Waals surface area contributed by atoms with Crippen molar-refractivity contribution in [2.24, 2.45) is 5.92 Å². The summed E-state index contributed by atoms with van der Waals surface area (Å²) >= 11 is 6.56. The Balaban J connectivity index is 0.00000300. The van der Waals surface area contributed by atoms with Crippen LogP contribution in [0.15, 0.2) is 0 Å². The first-order valence-corrected chi connectivity index (χ1v) is 11.3. The number of fused-ring (bicyclic) bond motifs is 3. The van der Waals surface area contributed by atoms with E-state index in [1.54, 1.807) is 0 Å². The Morgan fingerprint density at radius 2 is 1.69 bits per heavy atom. The first-order chi connectivity index (χ1) is 13.5. The maximum Gasteiger partial charge on any atom is 0.224 e. The van der Waals surface area contributed by atoms with Crippen molar-refractivity contribution in [3.63, 3.8) is 0 Å². The fourth-order valence-corrected chi connectivity index (χ4v) is 4.85. The van der Waals surface area contributed by atoms with Crippen LogP contribution < -0.4 is 5.32 Å². The molecule has 1 aromatic rings. The Hall–Kier alpha value is -1.10. The van der Waals surface area contributed by atoms with Crippen LogP contribution in [0.25, 0.3) is 0 Å². The van der Waals surface area contributed by atoms with Crippen LogP contribution >= 0.6 is 24.0 Å². The van der Waals surface area contributed by atoms with Gasteiger partial charge in [0.25, 0.3) is 0 Å². The van der Waals surface area contributed by atoms with E-state index < -0.39 is 0 Å². The number of nitrogens with zero attached hydrogens (tertiary/aromatic N) is 1. The number of hydrogen-bond acceptors (Lipinski definition) is 3. The Labute approximate surface area is 186 Å². The largest absolute Gasteiger partial charge is 0.325 e. The minimum absolute atomic E-state index is 0. The van der Waals surface area contributed by atoms with Crippen LogP contribution in [0.4, 0.5) is 5.69 Å². The van der Waals surface area contributed by atoms with E-state index in [2.05, 4.69) is 24.1 Å². The normalized spacial score (nSPS) is 18.2. The molecular formula is C23H34Cl2N2O2. The molecule has 0 saturated heterocycles. The predicted octanol–water partition coefficient (Wildman–Crippen LogP) is 5.60. The van der Waals surface area contributed by atoms with Crippen molar-refractivity contribution in [3.05, 3.63) is 27.3 Å². The maximum absolute atomic E-state index is 13.5. The van der Waals surface area contributed by atoms with Crippen molar-refractivity contribution in [3.8, 4) is 0 Å². The van der Waals surface area contributed by atoms with Gasteiger partial charge in [-0.05, 0) is 68.8 Å². The fourth-order valence-electron chi connectivity index (χ4n) is 4.58. The Kier molecular flexibility index (Phi) is 8.99. The van der Waals surface area contributed by atoms with E-state index >= 15 is 0 Å². The molecule has 2 aliphatic rings. The van der Waals surface area contributed by atoms with Gasteiger partial charge in [-0.15, -0.1) is 12.4 Å². The number of unbranched alkanes of at least 4 members (excludes halogenated alkanes) is 2. The van der Waals surface area contributed by atoms with Gasteiger partial charge in [0.2, 0.25) is 5.91 Å². The van der Waals surface area contributed by atoms with Gasteiger partial charge in [-0.2, -0.15) is 0 Å². The lowest BCUT2D eigenvalue weighted by atomic mass is 9.76. The van der Waals surface area contributed by atoms with Crippen molar-refractivity contribution < 1.29 is 9.59 Å². The quantitative estimate of drug-likeness (QED) is 0.571. The van der Waals surface area contributed by atoms with Crippen LogP contribution in [0, 0.1) is 12.8 Å². The number of hydrogen-bond donors (Lipinski definition) is 1. The molecule has 1 aliphatic heterocycles. The molecule has 4 nitrogen and oxygen atoms in total. The number of amides is 1. The third-order valence-corrected chi connectivity index (χ3v) is 6.74. The molecule has 0 radical (unpaired) electrons. The number of rotatable bonds is 8. The minimum Gasteiger partial charge on any atom is -0.325 e. The molecule has 1 unspecified atom stereocenters. The molecule has 1 heterocycles. The topological polar surface area (TPSA) is 49.4 Å². The molecule has 1 atom stereocenters. The van der Waals surface area contributed by atoms with Gasteiger partial charge in [0.1, 0.15) is 0 Å². The molecule has 1 amide bonds. The third kappa shape index (κ3) is 5.15. The van der Waals surface area contributed by atoms with Crippen LogP contribution in [0.2, 0.25) is 5.02 Å². The van der Waals surface area contributed by atoms with Crippen molar-refractivity contribution in [1.29, 1.82) is 0 Å². The molecular weight excluding hydrogens is 407 g/mol. The van der Waals surface area contributed by atoms with E-state index in [0.717, 1.165) is 54.7 Å². The summed E-state index contributed by atoms with van der Waals surface area (Å²) in [5, 5.41) is 3.53. The highest BCUT2D eigenvalue weighted by molar-refractivity contribution is 6.35. The predicted molar refractivity (Wildman–Crippen MR) is 123 cm³/mol. The van der Waals surface area contributed by atoms with Crippen LogP contribution in [-0.2, 0) is 17.6 Å². The summed E-state index contributed by atoms with van der Waals surface area (Å²) in [6.45, 7) is 9.40. The number of halogens is 2.